The summed E-state index contributed by atoms with van der Waals surface area (Å²) >= 11 is 1.68. The number of hydrogen-bond donors (Lipinski definition) is 2. The summed E-state index contributed by atoms with van der Waals surface area (Å²) in [6, 6.07) is 7.83. The predicted octanol–water partition coefficient (Wildman–Crippen LogP) is 2.39. The molecule has 2 aliphatic rings. The molecular weight excluding hydrogens is 472 g/mol. The summed E-state index contributed by atoms with van der Waals surface area (Å²) in [7, 11) is 3.52. The molecule has 35 heavy (non-hydrogen) atoms. The molecule has 3 rings (SSSR count). The van der Waals surface area contributed by atoms with Crippen LogP contribution in [0.2, 0.25) is 0 Å². The van der Waals surface area contributed by atoms with Gasteiger partial charge in [0.2, 0.25) is 0 Å². The molecule has 2 heterocycles. The minimum atomic E-state index is -0.784. The van der Waals surface area contributed by atoms with Crippen molar-refractivity contribution in [1.82, 2.24) is 10.6 Å². The Hall–Kier alpha value is -1.69. The zero-order chi connectivity index (χ0) is 25.5. The number of hydrogen-bond acceptors (Lipinski definition) is 10. The van der Waals surface area contributed by atoms with Crippen molar-refractivity contribution < 1.29 is 33.3 Å². The molecule has 196 valence electrons. The second-order valence-corrected chi connectivity index (χ2v) is 10.1. The van der Waals surface area contributed by atoms with Crippen molar-refractivity contribution >= 4 is 23.7 Å². The zero-order valence-corrected chi connectivity index (χ0v) is 22.1. The number of rotatable bonds is 10. The van der Waals surface area contributed by atoms with Crippen molar-refractivity contribution in [1.29, 1.82) is 0 Å². The lowest BCUT2D eigenvalue weighted by molar-refractivity contribution is -0.284. The molecular formula is C25H38N2O7S. The van der Waals surface area contributed by atoms with Gasteiger partial charge in [0.05, 0.1) is 18.2 Å². The van der Waals surface area contributed by atoms with E-state index in [4.69, 9.17) is 23.7 Å². The Morgan fingerprint density at radius 3 is 2.26 bits per heavy atom. The molecule has 8 atom stereocenters. The Kier molecular flexibility index (Phi) is 10.4. The van der Waals surface area contributed by atoms with E-state index < -0.39 is 42.6 Å². The molecule has 1 aromatic carbocycles. The van der Waals surface area contributed by atoms with E-state index in [1.54, 1.807) is 25.9 Å². The minimum absolute atomic E-state index is 0.0459. The van der Waals surface area contributed by atoms with Crippen LogP contribution in [0.25, 0.3) is 0 Å². The summed E-state index contributed by atoms with van der Waals surface area (Å²) in [5.41, 5.74) is 1.17. The Morgan fingerprint density at radius 1 is 1.03 bits per heavy atom. The van der Waals surface area contributed by atoms with Crippen molar-refractivity contribution in [2.45, 2.75) is 93.7 Å². The second-order valence-electron chi connectivity index (χ2n) is 8.92. The highest BCUT2D eigenvalue weighted by Crippen LogP contribution is 2.38. The molecule has 0 radical (unpaired) electrons. The van der Waals surface area contributed by atoms with E-state index in [1.165, 1.54) is 19.4 Å². The van der Waals surface area contributed by atoms with Gasteiger partial charge in [-0.1, -0.05) is 36.4 Å². The first kappa shape index (κ1) is 27.9. The SMILES string of the molecule is CCC1OC(Sc2ccc(C)cc2)C[C@@H]1O[C@H]1O[C@@H](CNC)[C@@H](OC(C)=O)C(OC(C)=O)[C@H]1NC. The van der Waals surface area contributed by atoms with Gasteiger partial charge in [-0.2, -0.15) is 0 Å². The predicted molar refractivity (Wildman–Crippen MR) is 132 cm³/mol. The summed E-state index contributed by atoms with van der Waals surface area (Å²) in [6.45, 7) is 7.18. The lowest BCUT2D eigenvalue weighted by atomic mass is 9.95. The minimum Gasteiger partial charge on any atom is -0.457 e. The smallest absolute Gasteiger partial charge is 0.303 e. The highest BCUT2D eigenvalue weighted by Gasteiger charge is 2.51. The third-order valence-electron chi connectivity index (χ3n) is 6.15. The van der Waals surface area contributed by atoms with Crippen LogP contribution >= 0.6 is 11.8 Å². The molecule has 0 aliphatic carbocycles. The number of ether oxygens (including phenoxy) is 5. The fraction of sp³-hybridized carbons (Fsp3) is 0.680. The van der Waals surface area contributed by atoms with Gasteiger partial charge in [0, 0.05) is 31.7 Å². The van der Waals surface area contributed by atoms with E-state index in [2.05, 4.69) is 48.7 Å². The van der Waals surface area contributed by atoms with E-state index in [0.717, 1.165) is 11.3 Å². The van der Waals surface area contributed by atoms with Crippen LogP contribution in [0.5, 0.6) is 0 Å². The maximum absolute atomic E-state index is 11.9. The summed E-state index contributed by atoms with van der Waals surface area (Å²) in [5, 5.41) is 6.21. The van der Waals surface area contributed by atoms with Gasteiger partial charge in [-0.25, -0.2) is 0 Å². The van der Waals surface area contributed by atoms with Crippen LogP contribution in [0.4, 0.5) is 0 Å². The molecule has 0 saturated carbocycles. The van der Waals surface area contributed by atoms with Gasteiger partial charge in [0.15, 0.2) is 18.5 Å². The maximum Gasteiger partial charge on any atom is 0.303 e. The van der Waals surface area contributed by atoms with Crippen molar-refractivity contribution in [2.75, 3.05) is 20.6 Å². The molecule has 1 aromatic rings. The summed E-state index contributed by atoms with van der Waals surface area (Å²) in [6.07, 6.45) is -1.69. The number of carbonyl (C=O) groups excluding carboxylic acids is 2. The number of carbonyl (C=O) groups is 2. The Balaban J connectivity index is 1.77. The molecule has 3 unspecified atom stereocenters. The topological polar surface area (TPSA) is 104 Å². The van der Waals surface area contributed by atoms with Gasteiger partial charge < -0.3 is 34.3 Å². The average Bonchev–Trinajstić information content (AvgIpc) is 3.18. The number of nitrogens with one attached hydrogen (secondary N) is 2. The van der Waals surface area contributed by atoms with Crippen LogP contribution in [0.15, 0.2) is 29.2 Å². The van der Waals surface area contributed by atoms with Crippen LogP contribution in [0, 0.1) is 6.92 Å². The van der Waals surface area contributed by atoms with Gasteiger partial charge in [-0.3, -0.25) is 9.59 Å². The molecule has 10 heteroatoms. The lowest BCUT2D eigenvalue weighted by Gasteiger charge is -2.45. The number of likely N-dealkylation sites (N-methyl/N-ethyl adjacent to an activating group) is 2. The van der Waals surface area contributed by atoms with Crippen molar-refractivity contribution in [3.05, 3.63) is 29.8 Å². The van der Waals surface area contributed by atoms with Gasteiger partial charge in [0.25, 0.3) is 0 Å². The van der Waals surface area contributed by atoms with E-state index in [-0.39, 0.29) is 17.6 Å². The first-order valence-electron chi connectivity index (χ1n) is 12.1. The standard InChI is InChI=1S/C25H38N2O7S/c1-7-18-19(12-21(32-18)35-17-10-8-14(2)9-11-17)33-25-22(27-6)24(31-16(4)29)23(30-15(3)28)20(34-25)13-26-5/h8-11,18-27H,7,12-13H2,1-6H3/t18?,19-,20-,21?,22+,23+,24?,25-/m0/s1. The zero-order valence-electron chi connectivity index (χ0n) is 21.3. The first-order chi connectivity index (χ1) is 16.7. The van der Waals surface area contributed by atoms with Crippen molar-refractivity contribution in [2.24, 2.45) is 0 Å². The molecule has 0 amide bonds. The van der Waals surface area contributed by atoms with E-state index in [9.17, 15) is 9.59 Å². The third-order valence-corrected chi connectivity index (χ3v) is 7.27. The fourth-order valence-electron chi connectivity index (χ4n) is 4.55. The molecule has 2 saturated heterocycles. The Labute approximate surface area is 211 Å². The van der Waals surface area contributed by atoms with Crippen LogP contribution in [0.3, 0.4) is 0 Å². The van der Waals surface area contributed by atoms with Gasteiger partial charge in [0.1, 0.15) is 11.5 Å². The van der Waals surface area contributed by atoms with Crippen molar-refractivity contribution in [3.8, 4) is 0 Å². The van der Waals surface area contributed by atoms with Crippen molar-refractivity contribution in [3.63, 3.8) is 0 Å². The molecule has 0 bridgehead atoms. The molecule has 2 N–H and O–H groups in total. The van der Waals surface area contributed by atoms with Gasteiger partial charge >= 0.3 is 11.9 Å². The largest absolute Gasteiger partial charge is 0.457 e. The molecule has 0 aromatic heterocycles. The summed E-state index contributed by atoms with van der Waals surface area (Å²) in [4.78, 5) is 24.9. The van der Waals surface area contributed by atoms with E-state index in [1.807, 2.05) is 0 Å². The first-order valence-corrected chi connectivity index (χ1v) is 13.0. The third kappa shape index (κ3) is 7.41. The Bertz CT molecular complexity index is 840. The van der Waals surface area contributed by atoms with Crippen LogP contribution in [0.1, 0.15) is 39.2 Å². The number of benzene rings is 1. The molecule has 0 spiro atoms. The van der Waals surface area contributed by atoms with Gasteiger partial charge in [-0.05, 0) is 39.6 Å². The molecule has 2 fully saturated rings. The van der Waals surface area contributed by atoms with Gasteiger partial charge in [-0.15, -0.1) is 0 Å². The Morgan fingerprint density at radius 2 is 1.69 bits per heavy atom. The lowest BCUT2D eigenvalue weighted by Crippen LogP contribution is -2.66. The molecule has 2 aliphatic heterocycles. The number of aryl methyl sites for hydroxylation is 1. The number of thioether (sulfide) groups is 1. The average molecular weight is 511 g/mol. The van der Waals surface area contributed by atoms with E-state index in [0.29, 0.717) is 13.0 Å². The highest BCUT2D eigenvalue weighted by molar-refractivity contribution is 7.99. The van der Waals surface area contributed by atoms with Crippen LogP contribution in [-0.2, 0) is 33.3 Å². The monoisotopic (exact) mass is 510 g/mol. The molecule has 9 nitrogen and oxygen atoms in total. The second kappa shape index (κ2) is 13.0. The number of esters is 2. The highest BCUT2D eigenvalue weighted by atomic mass is 32.2. The maximum atomic E-state index is 11.9. The van der Waals surface area contributed by atoms with Crippen LogP contribution in [-0.4, -0.2) is 80.9 Å². The van der Waals surface area contributed by atoms with E-state index >= 15 is 0 Å². The van der Waals surface area contributed by atoms with Crippen LogP contribution < -0.4 is 10.6 Å². The quantitative estimate of drug-likeness (QED) is 0.456. The summed E-state index contributed by atoms with van der Waals surface area (Å²) < 4.78 is 30.3. The summed E-state index contributed by atoms with van der Waals surface area (Å²) in [5.74, 6) is -0.946. The fourth-order valence-corrected chi connectivity index (χ4v) is 5.63. The normalized spacial score (nSPS) is 32.9.